The van der Waals surface area contributed by atoms with Gasteiger partial charge in [-0.3, -0.25) is 0 Å². The first-order chi connectivity index (χ1) is 4.38. The van der Waals surface area contributed by atoms with E-state index in [0.717, 1.165) is 12.3 Å². The van der Waals surface area contributed by atoms with Crippen molar-refractivity contribution >= 4 is 0 Å². The molecule has 0 bridgehead atoms. The van der Waals surface area contributed by atoms with Gasteiger partial charge in [-0.2, -0.15) is 0 Å². The van der Waals surface area contributed by atoms with Crippen LogP contribution < -0.4 is 0 Å². The van der Waals surface area contributed by atoms with Crippen LogP contribution in [0, 0.1) is 11.8 Å². The van der Waals surface area contributed by atoms with Gasteiger partial charge in [0.25, 0.3) is 0 Å². The minimum absolute atomic E-state index is 0.0908. The summed E-state index contributed by atoms with van der Waals surface area (Å²) in [5.74, 6) is 1.62. The maximum absolute atomic E-state index is 9.09. The fourth-order valence-electron chi connectivity index (χ4n) is 2.09. The highest BCUT2D eigenvalue weighted by Gasteiger charge is 2.42. The van der Waals surface area contributed by atoms with E-state index in [4.69, 9.17) is 5.11 Å². The van der Waals surface area contributed by atoms with Gasteiger partial charge in [0.1, 0.15) is 0 Å². The smallest absolute Gasteiger partial charge is 0.0575 e. The van der Waals surface area contributed by atoms with Crippen LogP contribution in [0.2, 0.25) is 0 Å². The van der Waals surface area contributed by atoms with Crippen molar-refractivity contribution in [2.75, 3.05) is 0 Å². The monoisotopic (exact) mass is 126 g/mol. The summed E-state index contributed by atoms with van der Waals surface area (Å²) in [6, 6.07) is 0. The lowest BCUT2D eigenvalue weighted by molar-refractivity contribution is 0.238. The average Bonchev–Trinajstić information content (AvgIpc) is 2.44. The summed E-state index contributed by atoms with van der Waals surface area (Å²) < 4.78 is 0. The molecule has 0 aliphatic heterocycles. The van der Waals surface area contributed by atoms with Crippen LogP contribution in [0.3, 0.4) is 0 Å². The fraction of sp³-hybridized carbons (Fsp3) is 1.00. The molecular weight excluding hydrogens is 112 g/mol. The Bertz CT molecular complexity index is 105. The van der Waals surface area contributed by atoms with Gasteiger partial charge in [0, 0.05) is 0 Å². The summed E-state index contributed by atoms with van der Waals surface area (Å²) >= 11 is 0. The first-order valence-electron chi connectivity index (χ1n) is 4.06. The van der Waals surface area contributed by atoms with Crippen LogP contribution in [-0.4, -0.2) is 11.2 Å². The highest BCUT2D eigenvalue weighted by atomic mass is 16.3. The number of hydrogen-bond donors (Lipinski definition) is 1. The SMILES string of the molecule is OC1CC1C1CCCC1. The maximum Gasteiger partial charge on any atom is 0.0575 e. The average molecular weight is 126 g/mol. The molecule has 2 atom stereocenters. The van der Waals surface area contributed by atoms with Crippen LogP contribution in [0.25, 0.3) is 0 Å². The minimum Gasteiger partial charge on any atom is -0.393 e. The van der Waals surface area contributed by atoms with Gasteiger partial charge in [0.2, 0.25) is 0 Å². The molecule has 0 aromatic rings. The molecule has 0 amide bonds. The molecule has 2 unspecified atom stereocenters. The fourth-order valence-corrected chi connectivity index (χ4v) is 2.09. The van der Waals surface area contributed by atoms with E-state index in [-0.39, 0.29) is 6.10 Å². The Kier molecular flexibility index (Phi) is 1.26. The molecule has 0 radical (unpaired) electrons. The summed E-state index contributed by atoms with van der Waals surface area (Å²) in [6.45, 7) is 0. The molecule has 0 spiro atoms. The lowest BCUT2D eigenvalue weighted by atomic mass is 10.0. The largest absolute Gasteiger partial charge is 0.393 e. The standard InChI is InChI=1S/C8H14O/c9-8-5-7(8)6-3-1-2-4-6/h6-9H,1-5H2. The molecule has 1 nitrogen and oxygen atoms in total. The van der Waals surface area contributed by atoms with E-state index in [9.17, 15) is 0 Å². The zero-order valence-corrected chi connectivity index (χ0v) is 5.71. The predicted octanol–water partition coefficient (Wildman–Crippen LogP) is 1.56. The highest BCUT2D eigenvalue weighted by Crippen LogP contribution is 2.44. The van der Waals surface area contributed by atoms with Crippen molar-refractivity contribution in [2.45, 2.75) is 38.2 Å². The van der Waals surface area contributed by atoms with Crippen LogP contribution in [0.15, 0.2) is 0 Å². The first-order valence-corrected chi connectivity index (χ1v) is 4.06. The topological polar surface area (TPSA) is 20.2 Å². The van der Waals surface area contributed by atoms with Crippen LogP contribution in [0.5, 0.6) is 0 Å². The van der Waals surface area contributed by atoms with Crippen molar-refractivity contribution in [1.29, 1.82) is 0 Å². The van der Waals surface area contributed by atoms with E-state index >= 15 is 0 Å². The molecule has 2 rings (SSSR count). The van der Waals surface area contributed by atoms with Crippen LogP contribution in [-0.2, 0) is 0 Å². The van der Waals surface area contributed by atoms with Gasteiger partial charge in [0.05, 0.1) is 6.10 Å². The third kappa shape index (κ3) is 0.983. The van der Waals surface area contributed by atoms with Crippen molar-refractivity contribution in [3.05, 3.63) is 0 Å². The molecule has 1 N–H and O–H groups in total. The van der Waals surface area contributed by atoms with E-state index in [1.54, 1.807) is 0 Å². The second-order valence-electron chi connectivity index (χ2n) is 3.51. The third-order valence-electron chi connectivity index (χ3n) is 2.81. The van der Waals surface area contributed by atoms with Gasteiger partial charge >= 0.3 is 0 Å². The Morgan fingerprint density at radius 2 is 1.67 bits per heavy atom. The summed E-state index contributed by atoms with van der Waals surface area (Å²) in [6.07, 6.45) is 6.80. The Labute approximate surface area is 56.1 Å². The van der Waals surface area contributed by atoms with Crippen molar-refractivity contribution in [3.63, 3.8) is 0 Å². The normalized spacial score (nSPS) is 43.7. The molecule has 0 saturated heterocycles. The van der Waals surface area contributed by atoms with Crippen LogP contribution in [0.1, 0.15) is 32.1 Å². The Morgan fingerprint density at radius 3 is 2.11 bits per heavy atom. The molecule has 52 valence electrons. The second kappa shape index (κ2) is 1.98. The number of aliphatic hydroxyl groups excluding tert-OH is 1. The Balaban J connectivity index is 1.85. The Morgan fingerprint density at radius 1 is 1.11 bits per heavy atom. The van der Waals surface area contributed by atoms with Crippen LogP contribution >= 0.6 is 0 Å². The molecule has 2 fully saturated rings. The summed E-state index contributed by atoms with van der Waals surface area (Å²) in [5.41, 5.74) is 0. The molecule has 2 aliphatic rings. The lowest BCUT2D eigenvalue weighted by Gasteiger charge is -2.03. The Hall–Kier alpha value is -0.0400. The van der Waals surface area contributed by atoms with Gasteiger partial charge in [-0.1, -0.05) is 25.7 Å². The summed E-state index contributed by atoms with van der Waals surface area (Å²) in [7, 11) is 0. The molecule has 9 heavy (non-hydrogen) atoms. The van der Waals surface area contributed by atoms with Gasteiger partial charge in [-0.15, -0.1) is 0 Å². The van der Waals surface area contributed by atoms with Gasteiger partial charge in [-0.25, -0.2) is 0 Å². The highest BCUT2D eigenvalue weighted by molar-refractivity contribution is 4.92. The molecule has 2 saturated carbocycles. The predicted molar refractivity (Wildman–Crippen MR) is 36.1 cm³/mol. The molecule has 0 aromatic carbocycles. The number of aliphatic hydroxyl groups is 1. The van der Waals surface area contributed by atoms with Gasteiger partial charge in [-0.05, 0) is 18.3 Å². The van der Waals surface area contributed by atoms with Crippen molar-refractivity contribution < 1.29 is 5.11 Å². The van der Waals surface area contributed by atoms with Crippen molar-refractivity contribution in [3.8, 4) is 0 Å². The summed E-state index contributed by atoms with van der Waals surface area (Å²) in [5, 5.41) is 9.09. The number of rotatable bonds is 1. The third-order valence-corrected chi connectivity index (χ3v) is 2.81. The van der Waals surface area contributed by atoms with Crippen molar-refractivity contribution in [2.24, 2.45) is 11.8 Å². The zero-order chi connectivity index (χ0) is 6.27. The lowest BCUT2D eigenvalue weighted by Crippen LogP contribution is -1.99. The van der Waals surface area contributed by atoms with E-state index in [1.807, 2.05) is 0 Å². The van der Waals surface area contributed by atoms with Crippen molar-refractivity contribution in [1.82, 2.24) is 0 Å². The minimum atomic E-state index is 0.0908. The molecule has 1 heteroatoms. The zero-order valence-electron chi connectivity index (χ0n) is 5.71. The molecule has 2 aliphatic carbocycles. The van der Waals surface area contributed by atoms with Crippen LogP contribution in [0.4, 0.5) is 0 Å². The molecule has 0 heterocycles. The second-order valence-corrected chi connectivity index (χ2v) is 3.51. The quantitative estimate of drug-likeness (QED) is 0.565. The maximum atomic E-state index is 9.09. The molecule has 0 aromatic heterocycles. The van der Waals surface area contributed by atoms with E-state index in [1.165, 1.54) is 25.7 Å². The number of hydrogen-bond acceptors (Lipinski definition) is 1. The van der Waals surface area contributed by atoms with Gasteiger partial charge < -0.3 is 5.11 Å². The van der Waals surface area contributed by atoms with E-state index < -0.39 is 0 Å². The molecular formula is C8H14O. The van der Waals surface area contributed by atoms with E-state index in [2.05, 4.69) is 0 Å². The van der Waals surface area contributed by atoms with Gasteiger partial charge in [0.15, 0.2) is 0 Å². The first kappa shape index (κ1) is 5.72. The summed E-state index contributed by atoms with van der Waals surface area (Å²) in [4.78, 5) is 0. The van der Waals surface area contributed by atoms with E-state index in [0.29, 0.717) is 5.92 Å².